The maximum atomic E-state index is 12.7. The summed E-state index contributed by atoms with van der Waals surface area (Å²) in [5, 5.41) is 28.1. The Kier molecular flexibility index (Phi) is 6.71. The van der Waals surface area contributed by atoms with Gasteiger partial charge in [0.05, 0.1) is 16.8 Å². The first-order valence-corrected chi connectivity index (χ1v) is 10.5. The minimum atomic E-state index is -0.655. The van der Waals surface area contributed by atoms with Gasteiger partial charge in [0.15, 0.2) is 0 Å². The largest absolute Gasteiger partial charge is 0.508 e. The molecule has 0 spiro atoms. The monoisotopic (exact) mass is 437 g/mol. The summed E-state index contributed by atoms with van der Waals surface area (Å²) >= 11 is 1.56. The Labute approximate surface area is 184 Å². The number of hydrogen-bond acceptors (Lipinski definition) is 6. The third kappa shape index (κ3) is 5.10. The minimum Gasteiger partial charge on any atom is -0.508 e. The SMILES string of the molecule is CCc1c(C(=O)Nc2cccc(C(C)=NNC(=O)c3cc(O)ccc3O)c2)csc1C. The third-order valence-electron chi connectivity index (χ3n) is 4.79. The number of carbonyl (C=O) groups excluding carboxylic acids is 2. The maximum absolute atomic E-state index is 12.7. The van der Waals surface area contributed by atoms with Crippen LogP contribution >= 0.6 is 11.3 Å². The number of thiophene rings is 1. The normalized spacial score (nSPS) is 11.3. The van der Waals surface area contributed by atoms with Crippen LogP contribution in [0, 0.1) is 6.92 Å². The quantitative estimate of drug-likeness (QED) is 0.260. The summed E-state index contributed by atoms with van der Waals surface area (Å²) in [5.41, 5.74) is 5.82. The molecule has 8 heteroatoms. The average Bonchev–Trinajstić information content (AvgIpc) is 3.14. The van der Waals surface area contributed by atoms with Gasteiger partial charge >= 0.3 is 0 Å². The van der Waals surface area contributed by atoms with Gasteiger partial charge in [0.1, 0.15) is 11.5 Å². The van der Waals surface area contributed by atoms with Crippen molar-refractivity contribution in [3.63, 3.8) is 0 Å². The number of anilines is 1. The van der Waals surface area contributed by atoms with Gasteiger partial charge in [0, 0.05) is 15.9 Å². The van der Waals surface area contributed by atoms with E-state index in [1.54, 1.807) is 42.5 Å². The number of phenolic OH excluding ortho intramolecular Hbond substituents is 2. The summed E-state index contributed by atoms with van der Waals surface area (Å²) in [6.45, 7) is 5.74. The number of benzene rings is 2. The predicted molar refractivity (Wildman–Crippen MR) is 122 cm³/mol. The fourth-order valence-electron chi connectivity index (χ4n) is 3.09. The van der Waals surface area contributed by atoms with Gasteiger partial charge in [0.25, 0.3) is 11.8 Å². The van der Waals surface area contributed by atoms with Gasteiger partial charge in [-0.25, -0.2) is 5.43 Å². The van der Waals surface area contributed by atoms with Crippen molar-refractivity contribution in [1.82, 2.24) is 5.43 Å². The lowest BCUT2D eigenvalue weighted by Gasteiger charge is -2.09. The van der Waals surface area contributed by atoms with Gasteiger partial charge in [-0.3, -0.25) is 9.59 Å². The molecule has 0 radical (unpaired) electrons. The number of rotatable bonds is 6. The van der Waals surface area contributed by atoms with Crippen molar-refractivity contribution in [3.8, 4) is 11.5 Å². The number of hydrogen-bond donors (Lipinski definition) is 4. The smallest absolute Gasteiger partial charge is 0.275 e. The topological polar surface area (TPSA) is 111 Å². The molecule has 0 unspecified atom stereocenters. The standard InChI is InChI=1S/C23H23N3O4S/c1-4-18-14(3)31-12-20(18)22(29)24-16-7-5-6-15(10-16)13(2)25-26-23(30)19-11-17(27)8-9-21(19)28/h5-12,27-28H,4H2,1-3H3,(H,24,29)(H,26,30). The van der Waals surface area contributed by atoms with Gasteiger partial charge in [-0.2, -0.15) is 5.10 Å². The third-order valence-corrected chi connectivity index (χ3v) is 5.74. The van der Waals surface area contributed by atoms with Crippen molar-refractivity contribution in [3.05, 3.63) is 75.0 Å². The molecule has 0 atom stereocenters. The van der Waals surface area contributed by atoms with Crippen LogP contribution in [-0.4, -0.2) is 27.7 Å². The predicted octanol–water partition coefficient (Wildman–Crippen LogP) is 4.44. The Morgan fingerprint density at radius 2 is 1.84 bits per heavy atom. The molecule has 0 saturated heterocycles. The van der Waals surface area contributed by atoms with Crippen LogP contribution in [0.4, 0.5) is 5.69 Å². The van der Waals surface area contributed by atoms with E-state index in [2.05, 4.69) is 15.8 Å². The molecule has 3 aromatic rings. The lowest BCUT2D eigenvalue weighted by Crippen LogP contribution is -2.19. The molecule has 1 heterocycles. The van der Waals surface area contributed by atoms with E-state index < -0.39 is 5.91 Å². The Balaban J connectivity index is 1.73. The highest BCUT2D eigenvalue weighted by molar-refractivity contribution is 7.10. The molecule has 0 saturated carbocycles. The van der Waals surface area contributed by atoms with E-state index in [0.717, 1.165) is 22.9 Å². The maximum Gasteiger partial charge on any atom is 0.275 e. The molecule has 0 aliphatic heterocycles. The van der Waals surface area contributed by atoms with Crippen LogP contribution in [0.2, 0.25) is 0 Å². The molecular formula is C23H23N3O4S. The fourth-order valence-corrected chi connectivity index (χ4v) is 4.04. The van der Waals surface area contributed by atoms with E-state index in [9.17, 15) is 19.8 Å². The highest BCUT2D eigenvalue weighted by atomic mass is 32.1. The van der Waals surface area contributed by atoms with Crippen LogP contribution in [0.5, 0.6) is 11.5 Å². The van der Waals surface area contributed by atoms with Gasteiger partial charge in [-0.15, -0.1) is 11.3 Å². The fraction of sp³-hybridized carbons (Fsp3) is 0.174. The van der Waals surface area contributed by atoms with Gasteiger partial charge in [-0.1, -0.05) is 19.1 Å². The minimum absolute atomic E-state index is 0.0876. The molecule has 0 aliphatic rings. The van der Waals surface area contributed by atoms with Crippen LogP contribution in [-0.2, 0) is 6.42 Å². The Bertz CT molecular complexity index is 1170. The molecule has 7 nitrogen and oxygen atoms in total. The number of hydrazone groups is 1. The molecule has 2 aromatic carbocycles. The summed E-state index contributed by atoms with van der Waals surface area (Å²) in [4.78, 5) is 26.1. The Morgan fingerprint density at radius 3 is 2.58 bits per heavy atom. The molecule has 3 rings (SSSR count). The first kappa shape index (κ1) is 22.0. The van der Waals surface area contributed by atoms with Crippen LogP contribution < -0.4 is 10.7 Å². The second-order valence-electron chi connectivity index (χ2n) is 6.91. The van der Waals surface area contributed by atoms with E-state index in [0.29, 0.717) is 22.5 Å². The average molecular weight is 438 g/mol. The first-order valence-electron chi connectivity index (χ1n) is 9.65. The number of amides is 2. The van der Waals surface area contributed by atoms with Crippen LogP contribution in [0.3, 0.4) is 0 Å². The summed E-state index contributed by atoms with van der Waals surface area (Å²) < 4.78 is 0. The van der Waals surface area contributed by atoms with E-state index in [1.165, 1.54) is 12.1 Å². The lowest BCUT2D eigenvalue weighted by molar-refractivity contribution is 0.0951. The molecule has 2 amide bonds. The zero-order chi connectivity index (χ0) is 22.5. The van der Waals surface area contributed by atoms with Crippen molar-refractivity contribution < 1.29 is 19.8 Å². The summed E-state index contributed by atoms with van der Waals surface area (Å²) in [6, 6.07) is 10.8. The van der Waals surface area contributed by atoms with Gasteiger partial charge < -0.3 is 15.5 Å². The van der Waals surface area contributed by atoms with E-state index >= 15 is 0 Å². The molecule has 4 N–H and O–H groups in total. The molecule has 0 aliphatic carbocycles. The molecule has 31 heavy (non-hydrogen) atoms. The molecule has 1 aromatic heterocycles. The van der Waals surface area contributed by atoms with Crippen molar-refractivity contribution in [2.24, 2.45) is 5.10 Å². The second kappa shape index (κ2) is 9.44. The highest BCUT2D eigenvalue weighted by Crippen LogP contribution is 2.24. The van der Waals surface area contributed by atoms with E-state index in [-0.39, 0.29) is 23.0 Å². The Hall–Kier alpha value is -3.65. The number of aromatic hydroxyl groups is 2. The molecule has 160 valence electrons. The lowest BCUT2D eigenvalue weighted by atomic mass is 10.1. The van der Waals surface area contributed by atoms with Crippen molar-refractivity contribution in [1.29, 1.82) is 0 Å². The van der Waals surface area contributed by atoms with E-state index in [4.69, 9.17) is 0 Å². The molecule has 0 bridgehead atoms. The zero-order valence-corrected chi connectivity index (χ0v) is 18.2. The molecule has 0 fully saturated rings. The first-order chi connectivity index (χ1) is 14.8. The number of aryl methyl sites for hydroxylation is 1. The van der Waals surface area contributed by atoms with Gasteiger partial charge in [0.2, 0.25) is 0 Å². The van der Waals surface area contributed by atoms with Crippen molar-refractivity contribution in [2.45, 2.75) is 27.2 Å². The number of carbonyl (C=O) groups is 2. The van der Waals surface area contributed by atoms with Crippen molar-refractivity contribution >= 4 is 34.6 Å². The summed E-state index contributed by atoms with van der Waals surface area (Å²) in [7, 11) is 0. The summed E-state index contributed by atoms with van der Waals surface area (Å²) in [5.74, 6) is -1.22. The number of nitrogens with one attached hydrogen (secondary N) is 2. The van der Waals surface area contributed by atoms with Crippen LogP contribution in [0.15, 0.2) is 52.9 Å². The number of phenols is 2. The molecular weight excluding hydrogens is 414 g/mol. The van der Waals surface area contributed by atoms with Crippen LogP contribution in [0.25, 0.3) is 0 Å². The number of nitrogens with zero attached hydrogens (tertiary/aromatic N) is 1. The summed E-state index contributed by atoms with van der Waals surface area (Å²) in [6.07, 6.45) is 0.790. The Morgan fingerprint density at radius 1 is 1.06 bits per heavy atom. The second-order valence-corrected chi connectivity index (χ2v) is 8.00. The van der Waals surface area contributed by atoms with E-state index in [1.807, 2.05) is 19.2 Å². The zero-order valence-electron chi connectivity index (χ0n) is 17.4. The van der Waals surface area contributed by atoms with Crippen molar-refractivity contribution in [2.75, 3.05) is 5.32 Å². The highest BCUT2D eigenvalue weighted by Gasteiger charge is 2.15. The van der Waals surface area contributed by atoms with Gasteiger partial charge in [-0.05, 0) is 61.7 Å². The van der Waals surface area contributed by atoms with Crippen LogP contribution in [0.1, 0.15) is 50.6 Å².